The Morgan fingerprint density at radius 1 is 1.03 bits per heavy atom. The maximum atomic E-state index is 12.8. The van der Waals surface area contributed by atoms with Gasteiger partial charge in [-0.3, -0.25) is 4.79 Å². The van der Waals surface area contributed by atoms with Crippen molar-refractivity contribution in [1.82, 2.24) is 9.38 Å². The summed E-state index contributed by atoms with van der Waals surface area (Å²) in [4.78, 5) is 17.4. The Morgan fingerprint density at radius 2 is 1.76 bits per heavy atom. The smallest absolute Gasteiger partial charge is 0.265 e. The van der Waals surface area contributed by atoms with Crippen molar-refractivity contribution < 1.29 is 9.53 Å². The number of aromatic nitrogens is 2. The van der Waals surface area contributed by atoms with Crippen LogP contribution in [0.2, 0.25) is 0 Å². The molecule has 0 aliphatic rings. The summed E-state index contributed by atoms with van der Waals surface area (Å²) in [5.41, 5.74) is 5.43. The molecule has 0 radical (unpaired) electrons. The fourth-order valence-corrected chi connectivity index (χ4v) is 3.37. The maximum Gasteiger partial charge on any atom is 0.265 e. The Bertz CT molecular complexity index is 1130. The van der Waals surface area contributed by atoms with Gasteiger partial charge in [-0.2, -0.15) is 0 Å². The normalized spacial score (nSPS) is 12.0. The number of benzene rings is 2. The highest BCUT2D eigenvalue weighted by molar-refractivity contribution is 5.97. The molecule has 0 aliphatic heterocycles. The van der Waals surface area contributed by atoms with Crippen LogP contribution in [0.25, 0.3) is 16.9 Å². The van der Waals surface area contributed by atoms with Crippen LogP contribution < -0.4 is 10.1 Å². The van der Waals surface area contributed by atoms with Gasteiger partial charge >= 0.3 is 0 Å². The van der Waals surface area contributed by atoms with Crippen LogP contribution in [0.4, 0.5) is 5.69 Å². The Hall–Kier alpha value is -3.60. The molecule has 0 saturated heterocycles. The molecule has 2 aromatic heterocycles. The molecule has 1 N–H and O–H groups in total. The van der Waals surface area contributed by atoms with Crippen LogP contribution in [-0.4, -0.2) is 21.4 Å². The number of carbonyl (C=O) groups is 1. The third kappa shape index (κ3) is 4.14. The van der Waals surface area contributed by atoms with Gasteiger partial charge in [0.15, 0.2) is 6.10 Å². The van der Waals surface area contributed by atoms with Crippen LogP contribution >= 0.6 is 0 Å². The third-order valence-corrected chi connectivity index (χ3v) is 4.70. The van der Waals surface area contributed by atoms with Gasteiger partial charge in [0.2, 0.25) is 0 Å². The number of nitrogens with one attached hydrogen (secondary N) is 1. The van der Waals surface area contributed by atoms with Gasteiger partial charge < -0.3 is 14.5 Å². The van der Waals surface area contributed by atoms with E-state index in [9.17, 15) is 4.79 Å². The quantitative estimate of drug-likeness (QED) is 0.525. The number of fused-ring (bicyclic) bond motifs is 1. The number of carbonyl (C=O) groups excluding carboxylic acids is 1. The number of ether oxygens (including phenoxy) is 1. The highest BCUT2D eigenvalue weighted by Crippen LogP contribution is 2.28. The number of aryl methyl sites for hydroxylation is 2. The van der Waals surface area contributed by atoms with Crippen molar-refractivity contribution in [3.05, 3.63) is 84.2 Å². The lowest BCUT2D eigenvalue weighted by Gasteiger charge is -2.17. The first-order valence-corrected chi connectivity index (χ1v) is 9.58. The van der Waals surface area contributed by atoms with Crippen molar-refractivity contribution >= 4 is 17.2 Å². The molecule has 29 heavy (non-hydrogen) atoms. The summed E-state index contributed by atoms with van der Waals surface area (Å²) < 4.78 is 7.83. The molecule has 0 saturated carbocycles. The number of imidazole rings is 1. The zero-order valence-corrected chi connectivity index (χ0v) is 16.7. The highest BCUT2D eigenvalue weighted by Gasteiger charge is 2.18. The van der Waals surface area contributed by atoms with Gasteiger partial charge in [0.1, 0.15) is 11.4 Å². The molecule has 2 aromatic carbocycles. The van der Waals surface area contributed by atoms with Crippen molar-refractivity contribution in [2.24, 2.45) is 0 Å². The topological polar surface area (TPSA) is 55.6 Å². The van der Waals surface area contributed by atoms with E-state index in [2.05, 4.69) is 16.4 Å². The number of anilines is 1. The lowest BCUT2D eigenvalue weighted by molar-refractivity contribution is -0.122. The second kappa shape index (κ2) is 7.80. The fraction of sp³-hybridized carbons (Fsp3) is 0.167. The summed E-state index contributed by atoms with van der Waals surface area (Å²) in [6, 6.07) is 19.4. The Labute approximate surface area is 170 Å². The number of hydrogen-bond acceptors (Lipinski definition) is 3. The zero-order valence-electron chi connectivity index (χ0n) is 16.7. The summed E-state index contributed by atoms with van der Waals surface area (Å²) in [7, 11) is 0. The summed E-state index contributed by atoms with van der Waals surface area (Å²) in [6.07, 6.45) is 3.27. The molecule has 0 bridgehead atoms. The van der Waals surface area contributed by atoms with E-state index in [0.717, 1.165) is 28.0 Å². The molecule has 1 amide bonds. The largest absolute Gasteiger partial charge is 0.481 e. The number of rotatable bonds is 5. The number of pyridine rings is 1. The van der Waals surface area contributed by atoms with Crippen molar-refractivity contribution in [3.8, 4) is 17.0 Å². The lowest BCUT2D eigenvalue weighted by Crippen LogP contribution is -2.30. The Balaban J connectivity index is 1.55. The van der Waals surface area contributed by atoms with Crippen LogP contribution in [0.5, 0.6) is 5.75 Å². The SMILES string of the molecule is Cc1cc(C)cc(OC(C)C(=O)Nc2ccccc2-c2cn3ccccc3n2)c1. The van der Waals surface area contributed by atoms with Gasteiger partial charge in [-0.05, 0) is 62.2 Å². The summed E-state index contributed by atoms with van der Waals surface area (Å²) >= 11 is 0. The number of amides is 1. The Morgan fingerprint density at radius 3 is 2.52 bits per heavy atom. The van der Waals surface area contributed by atoms with E-state index in [-0.39, 0.29) is 5.91 Å². The second-order valence-electron chi connectivity index (χ2n) is 7.21. The first-order valence-electron chi connectivity index (χ1n) is 9.58. The van der Waals surface area contributed by atoms with Gasteiger partial charge in [-0.15, -0.1) is 0 Å². The van der Waals surface area contributed by atoms with E-state index in [4.69, 9.17) is 4.74 Å². The van der Waals surface area contributed by atoms with Crippen LogP contribution in [-0.2, 0) is 4.79 Å². The molecule has 1 atom stereocenters. The first kappa shape index (κ1) is 18.7. The van der Waals surface area contributed by atoms with Crippen LogP contribution in [0.15, 0.2) is 73.1 Å². The molecule has 0 fully saturated rings. The van der Waals surface area contributed by atoms with Crippen LogP contribution in [0.3, 0.4) is 0 Å². The molecule has 0 aliphatic carbocycles. The zero-order chi connectivity index (χ0) is 20.4. The van der Waals surface area contributed by atoms with Crippen molar-refractivity contribution in [1.29, 1.82) is 0 Å². The highest BCUT2D eigenvalue weighted by atomic mass is 16.5. The summed E-state index contributed by atoms with van der Waals surface area (Å²) in [5, 5.41) is 2.99. The minimum absolute atomic E-state index is 0.208. The molecule has 0 spiro atoms. The monoisotopic (exact) mass is 385 g/mol. The minimum Gasteiger partial charge on any atom is -0.481 e. The third-order valence-electron chi connectivity index (χ3n) is 4.70. The van der Waals surface area contributed by atoms with Gasteiger partial charge in [0.25, 0.3) is 5.91 Å². The van der Waals surface area contributed by atoms with Crippen molar-refractivity contribution in [3.63, 3.8) is 0 Å². The molecule has 2 heterocycles. The van der Waals surface area contributed by atoms with Crippen molar-refractivity contribution in [2.45, 2.75) is 26.9 Å². The Kier molecular flexibility index (Phi) is 5.04. The second-order valence-corrected chi connectivity index (χ2v) is 7.21. The minimum atomic E-state index is -0.634. The van der Waals surface area contributed by atoms with E-state index in [1.807, 2.05) is 85.2 Å². The average Bonchev–Trinajstić information content (AvgIpc) is 3.11. The van der Waals surface area contributed by atoms with Gasteiger partial charge in [0.05, 0.1) is 11.4 Å². The van der Waals surface area contributed by atoms with E-state index in [1.165, 1.54) is 0 Å². The van der Waals surface area contributed by atoms with E-state index >= 15 is 0 Å². The summed E-state index contributed by atoms with van der Waals surface area (Å²) in [5.74, 6) is 0.485. The lowest BCUT2D eigenvalue weighted by atomic mass is 10.1. The van der Waals surface area contributed by atoms with Crippen LogP contribution in [0, 0.1) is 13.8 Å². The standard InChI is InChI=1S/C24H23N3O2/c1-16-12-17(2)14-19(13-16)29-18(3)24(28)26-21-9-5-4-8-20(21)22-15-27-11-7-6-10-23(27)25-22/h4-15,18H,1-3H3,(H,26,28). The first-order chi connectivity index (χ1) is 14.0. The molecular weight excluding hydrogens is 362 g/mol. The van der Waals surface area contributed by atoms with Crippen molar-refractivity contribution in [2.75, 3.05) is 5.32 Å². The average molecular weight is 385 g/mol. The molecule has 4 aromatic rings. The van der Waals surface area contributed by atoms with E-state index in [0.29, 0.717) is 11.4 Å². The predicted molar refractivity (Wildman–Crippen MR) is 115 cm³/mol. The van der Waals surface area contributed by atoms with E-state index < -0.39 is 6.10 Å². The van der Waals surface area contributed by atoms with E-state index in [1.54, 1.807) is 6.92 Å². The maximum absolute atomic E-state index is 12.8. The van der Waals surface area contributed by atoms with Crippen LogP contribution in [0.1, 0.15) is 18.1 Å². The molecule has 4 rings (SSSR count). The van der Waals surface area contributed by atoms with Gasteiger partial charge in [0, 0.05) is 18.0 Å². The fourth-order valence-electron chi connectivity index (χ4n) is 3.37. The predicted octanol–water partition coefficient (Wildman–Crippen LogP) is 5.02. The number of hydrogen-bond donors (Lipinski definition) is 1. The molecule has 1 unspecified atom stereocenters. The van der Waals surface area contributed by atoms with Gasteiger partial charge in [-0.1, -0.05) is 30.3 Å². The molecule has 5 heteroatoms. The number of nitrogens with zero attached hydrogens (tertiary/aromatic N) is 2. The molecule has 5 nitrogen and oxygen atoms in total. The number of para-hydroxylation sites is 1. The molecule has 146 valence electrons. The van der Waals surface area contributed by atoms with Gasteiger partial charge in [-0.25, -0.2) is 4.98 Å². The summed E-state index contributed by atoms with van der Waals surface area (Å²) in [6.45, 7) is 5.77. The molecular formula is C24H23N3O2.